The fourth-order valence-corrected chi connectivity index (χ4v) is 5.39. The van der Waals surface area contributed by atoms with Crippen molar-refractivity contribution in [1.82, 2.24) is 4.31 Å². The van der Waals surface area contributed by atoms with Gasteiger partial charge in [-0.3, -0.25) is 4.79 Å². The molecule has 7 nitrogen and oxygen atoms in total. The predicted octanol–water partition coefficient (Wildman–Crippen LogP) is 4.19. The first-order valence-electron chi connectivity index (χ1n) is 9.68. The Morgan fingerprint density at radius 3 is 2.26 bits per heavy atom. The van der Waals surface area contributed by atoms with Gasteiger partial charge in [-0.25, -0.2) is 12.7 Å². The Morgan fingerprint density at radius 2 is 1.68 bits per heavy atom. The zero-order chi connectivity index (χ0) is 22.6. The van der Waals surface area contributed by atoms with Gasteiger partial charge < -0.3 is 14.8 Å². The number of sulfonamides is 1. The molecule has 0 bridgehead atoms. The van der Waals surface area contributed by atoms with Crippen LogP contribution in [0, 0.1) is 5.92 Å². The van der Waals surface area contributed by atoms with Gasteiger partial charge in [0.2, 0.25) is 15.9 Å². The molecule has 1 fully saturated rings. The molecule has 0 aromatic heterocycles. The van der Waals surface area contributed by atoms with Gasteiger partial charge in [0.25, 0.3) is 0 Å². The molecule has 3 rings (SSSR count). The van der Waals surface area contributed by atoms with Crippen LogP contribution in [0.5, 0.6) is 11.5 Å². The number of ether oxygens (including phenoxy) is 2. The van der Waals surface area contributed by atoms with Gasteiger partial charge in [0.1, 0.15) is 11.5 Å². The largest absolute Gasteiger partial charge is 0.495 e. The van der Waals surface area contributed by atoms with Crippen LogP contribution in [0.15, 0.2) is 36.4 Å². The highest BCUT2D eigenvalue weighted by Gasteiger charge is 2.31. The van der Waals surface area contributed by atoms with E-state index < -0.39 is 10.0 Å². The fourth-order valence-electron chi connectivity index (χ4n) is 3.47. The summed E-state index contributed by atoms with van der Waals surface area (Å²) in [5.74, 6) is 0.233. The van der Waals surface area contributed by atoms with Crippen molar-refractivity contribution in [3.8, 4) is 11.5 Å². The second-order valence-corrected chi connectivity index (χ2v) is 10.0. The van der Waals surface area contributed by atoms with Crippen LogP contribution in [-0.2, 0) is 20.6 Å². The minimum atomic E-state index is -3.47. The second-order valence-electron chi connectivity index (χ2n) is 7.23. The van der Waals surface area contributed by atoms with E-state index in [1.54, 1.807) is 36.4 Å². The highest BCUT2D eigenvalue weighted by atomic mass is 35.5. The molecule has 1 N–H and O–H groups in total. The molecular weight excluding hydrogens is 463 g/mol. The standard InChI is InChI=1S/C21H24Cl2N2O5S/c1-29-19-12-18(20(30-2)11-17(19)23)24-21(26)15-7-9-25(10-8-15)31(27,28)13-14-3-5-16(22)6-4-14/h3-6,11-12,15H,7-10,13H2,1-2H3,(H,24,26). The molecule has 31 heavy (non-hydrogen) atoms. The highest BCUT2D eigenvalue weighted by Crippen LogP contribution is 2.36. The number of nitrogens with one attached hydrogen (secondary N) is 1. The molecule has 0 radical (unpaired) electrons. The molecule has 10 heteroatoms. The first-order chi connectivity index (χ1) is 14.7. The highest BCUT2D eigenvalue weighted by molar-refractivity contribution is 7.88. The third-order valence-electron chi connectivity index (χ3n) is 5.21. The van der Waals surface area contributed by atoms with Crippen LogP contribution in [0.2, 0.25) is 10.0 Å². The molecule has 168 valence electrons. The van der Waals surface area contributed by atoms with Crippen LogP contribution in [0.3, 0.4) is 0 Å². The van der Waals surface area contributed by atoms with E-state index in [1.165, 1.54) is 18.5 Å². The normalized spacial score (nSPS) is 15.5. The number of benzene rings is 2. The summed E-state index contributed by atoms with van der Waals surface area (Å²) in [5.41, 5.74) is 1.12. The number of methoxy groups -OCH3 is 2. The Balaban J connectivity index is 1.61. The summed E-state index contributed by atoms with van der Waals surface area (Å²) in [5, 5.41) is 3.78. The summed E-state index contributed by atoms with van der Waals surface area (Å²) >= 11 is 12.0. The smallest absolute Gasteiger partial charge is 0.227 e. The Labute approximate surface area is 192 Å². The van der Waals surface area contributed by atoms with Crippen LogP contribution < -0.4 is 14.8 Å². The van der Waals surface area contributed by atoms with Crippen LogP contribution in [0.25, 0.3) is 0 Å². The first kappa shape index (κ1) is 23.7. The summed E-state index contributed by atoms with van der Waals surface area (Å²) in [4.78, 5) is 12.8. The van der Waals surface area contributed by atoms with Gasteiger partial charge in [-0.15, -0.1) is 0 Å². The zero-order valence-electron chi connectivity index (χ0n) is 17.2. The maximum absolute atomic E-state index is 12.8. The SMILES string of the molecule is COc1cc(NC(=O)C2CCN(S(=O)(=O)Cc3ccc(Cl)cc3)CC2)c(OC)cc1Cl. The molecular formula is C21H24Cl2N2O5S. The van der Waals surface area contributed by atoms with Crippen molar-refractivity contribution in [2.75, 3.05) is 32.6 Å². The van der Waals surface area contributed by atoms with Gasteiger partial charge in [-0.2, -0.15) is 0 Å². The van der Waals surface area contributed by atoms with Gasteiger partial charge >= 0.3 is 0 Å². The number of nitrogens with zero attached hydrogens (tertiary/aromatic N) is 1. The van der Waals surface area contributed by atoms with Gasteiger partial charge in [-0.1, -0.05) is 35.3 Å². The summed E-state index contributed by atoms with van der Waals surface area (Å²) in [6, 6.07) is 9.92. The van der Waals surface area contributed by atoms with Crippen LogP contribution in [0.4, 0.5) is 5.69 Å². The Morgan fingerprint density at radius 1 is 1.06 bits per heavy atom. The van der Waals surface area contributed by atoms with Crippen molar-refractivity contribution in [1.29, 1.82) is 0 Å². The summed E-state index contributed by atoms with van der Waals surface area (Å²) in [6.45, 7) is 0.574. The number of hydrogen-bond donors (Lipinski definition) is 1. The molecule has 0 unspecified atom stereocenters. The van der Waals surface area contributed by atoms with E-state index >= 15 is 0 Å². The average Bonchev–Trinajstić information content (AvgIpc) is 2.76. The maximum Gasteiger partial charge on any atom is 0.227 e. The van der Waals surface area contributed by atoms with Crippen molar-refractivity contribution in [3.63, 3.8) is 0 Å². The van der Waals surface area contributed by atoms with Gasteiger partial charge in [0, 0.05) is 36.2 Å². The van der Waals surface area contributed by atoms with Crippen molar-refractivity contribution >= 4 is 44.8 Å². The van der Waals surface area contributed by atoms with Crippen LogP contribution >= 0.6 is 23.2 Å². The number of anilines is 1. The van der Waals surface area contributed by atoms with E-state index in [0.717, 1.165) is 0 Å². The molecule has 2 aromatic rings. The number of rotatable bonds is 7. The van der Waals surface area contributed by atoms with Gasteiger partial charge in [0.05, 0.1) is 30.7 Å². The number of amides is 1. The minimum Gasteiger partial charge on any atom is -0.495 e. The molecule has 1 heterocycles. The quantitative estimate of drug-likeness (QED) is 0.633. The lowest BCUT2D eigenvalue weighted by Crippen LogP contribution is -2.41. The third kappa shape index (κ3) is 5.83. The van der Waals surface area contributed by atoms with Crippen LogP contribution in [-0.4, -0.2) is 45.9 Å². The molecule has 0 atom stereocenters. The molecule has 1 aliphatic rings. The summed E-state index contributed by atoms with van der Waals surface area (Å²) in [6.07, 6.45) is 0.859. The topological polar surface area (TPSA) is 84.9 Å². The lowest BCUT2D eigenvalue weighted by Gasteiger charge is -2.30. The number of piperidine rings is 1. The lowest BCUT2D eigenvalue weighted by molar-refractivity contribution is -0.120. The Hall–Kier alpha value is -2.00. The predicted molar refractivity (Wildman–Crippen MR) is 122 cm³/mol. The molecule has 0 spiro atoms. The average molecular weight is 487 g/mol. The van der Waals surface area contributed by atoms with Gasteiger partial charge in [-0.05, 0) is 30.5 Å². The van der Waals surface area contributed by atoms with Crippen molar-refractivity contribution < 1.29 is 22.7 Å². The number of carbonyl (C=O) groups excluding carboxylic acids is 1. The molecule has 1 aliphatic heterocycles. The van der Waals surface area contributed by atoms with E-state index in [2.05, 4.69) is 5.32 Å². The molecule has 1 amide bonds. The summed E-state index contributed by atoms with van der Waals surface area (Å²) in [7, 11) is -0.505. The zero-order valence-corrected chi connectivity index (χ0v) is 19.6. The second kappa shape index (κ2) is 10.1. The Kier molecular flexibility index (Phi) is 7.69. The lowest BCUT2D eigenvalue weighted by atomic mass is 9.97. The van der Waals surface area contributed by atoms with Crippen molar-refractivity contribution in [3.05, 3.63) is 52.0 Å². The third-order valence-corrected chi connectivity index (χ3v) is 7.61. The number of carbonyl (C=O) groups is 1. The monoisotopic (exact) mass is 486 g/mol. The number of hydrogen-bond acceptors (Lipinski definition) is 5. The minimum absolute atomic E-state index is 0.0944. The molecule has 1 saturated heterocycles. The van der Waals surface area contributed by atoms with Crippen molar-refractivity contribution in [2.24, 2.45) is 5.92 Å². The van der Waals surface area contributed by atoms with E-state index in [1.807, 2.05) is 0 Å². The van der Waals surface area contributed by atoms with E-state index in [0.29, 0.717) is 45.6 Å². The van der Waals surface area contributed by atoms with E-state index in [-0.39, 0.29) is 30.7 Å². The molecule has 0 aliphatic carbocycles. The molecule has 2 aromatic carbocycles. The maximum atomic E-state index is 12.8. The Bertz CT molecular complexity index is 1040. The fraction of sp³-hybridized carbons (Fsp3) is 0.381. The summed E-state index contributed by atoms with van der Waals surface area (Å²) < 4.78 is 37.4. The first-order valence-corrected chi connectivity index (χ1v) is 12.0. The van der Waals surface area contributed by atoms with Crippen LogP contribution in [0.1, 0.15) is 18.4 Å². The van der Waals surface area contributed by atoms with Gasteiger partial charge in [0.15, 0.2) is 0 Å². The molecule has 0 saturated carbocycles. The van der Waals surface area contributed by atoms with E-state index in [9.17, 15) is 13.2 Å². The van der Waals surface area contributed by atoms with E-state index in [4.69, 9.17) is 32.7 Å². The number of halogens is 2. The van der Waals surface area contributed by atoms with Crippen molar-refractivity contribution in [2.45, 2.75) is 18.6 Å².